The van der Waals surface area contributed by atoms with Gasteiger partial charge in [0.2, 0.25) is 0 Å². The molecule has 2 aromatic rings. The first-order valence-electron chi connectivity index (χ1n) is 5.95. The molecule has 0 bridgehead atoms. The number of hydrogen-bond acceptors (Lipinski definition) is 3. The number of aryl methyl sites for hydroxylation is 2. The molecule has 0 amide bonds. The highest BCUT2D eigenvalue weighted by molar-refractivity contribution is 5.38. The van der Waals surface area contributed by atoms with E-state index in [4.69, 9.17) is 4.74 Å². The Hall–Kier alpha value is -1.81. The van der Waals surface area contributed by atoms with Gasteiger partial charge in [-0.15, -0.1) is 0 Å². The van der Waals surface area contributed by atoms with Crippen LogP contribution in [0.25, 0.3) is 0 Å². The van der Waals surface area contributed by atoms with Gasteiger partial charge in [0.25, 0.3) is 0 Å². The average Bonchev–Trinajstić information content (AvgIpc) is 2.73. The molecule has 0 saturated carbocycles. The number of hydrogen-bond donors (Lipinski definition) is 1. The van der Waals surface area contributed by atoms with Crippen molar-refractivity contribution in [1.29, 1.82) is 0 Å². The van der Waals surface area contributed by atoms with E-state index >= 15 is 0 Å². The number of aliphatic hydroxyl groups is 1. The summed E-state index contributed by atoms with van der Waals surface area (Å²) < 4.78 is 7.65. The van der Waals surface area contributed by atoms with Crippen LogP contribution in [0.1, 0.15) is 30.0 Å². The lowest BCUT2D eigenvalue weighted by molar-refractivity contribution is 0.189. The fourth-order valence-corrected chi connectivity index (χ4v) is 1.80. The second-order valence-electron chi connectivity index (χ2n) is 4.46. The van der Waals surface area contributed by atoms with Gasteiger partial charge in [0.1, 0.15) is 18.2 Å². The van der Waals surface area contributed by atoms with Crippen LogP contribution in [0.2, 0.25) is 0 Å². The predicted molar refractivity (Wildman–Crippen MR) is 69.4 cm³/mol. The maximum absolute atomic E-state index is 9.74. The lowest BCUT2D eigenvalue weighted by atomic mass is 10.1. The Morgan fingerprint density at radius 3 is 2.83 bits per heavy atom. The Bertz CT molecular complexity index is 532. The van der Waals surface area contributed by atoms with Gasteiger partial charge in [-0.25, -0.2) is 4.98 Å². The van der Waals surface area contributed by atoms with Crippen molar-refractivity contribution in [2.24, 2.45) is 7.05 Å². The fraction of sp³-hybridized carbons (Fsp3) is 0.357. The Morgan fingerprint density at radius 1 is 1.44 bits per heavy atom. The first-order chi connectivity index (χ1) is 8.58. The van der Waals surface area contributed by atoms with E-state index < -0.39 is 6.10 Å². The first-order valence-corrected chi connectivity index (χ1v) is 5.95. The minimum absolute atomic E-state index is 0.395. The molecule has 1 N–H and O–H groups in total. The SMILES string of the molecule is Cc1ccc(OCc2nccn2C)c(C(C)O)c1. The molecule has 0 saturated heterocycles. The van der Waals surface area contributed by atoms with E-state index in [0.717, 1.165) is 17.0 Å². The molecule has 4 heteroatoms. The molecule has 4 nitrogen and oxygen atoms in total. The third-order valence-corrected chi connectivity index (χ3v) is 2.89. The number of benzene rings is 1. The highest BCUT2D eigenvalue weighted by atomic mass is 16.5. The molecule has 1 aromatic heterocycles. The summed E-state index contributed by atoms with van der Waals surface area (Å²) in [7, 11) is 1.93. The summed E-state index contributed by atoms with van der Waals surface area (Å²) in [6.07, 6.45) is 3.08. The summed E-state index contributed by atoms with van der Waals surface area (Å²) in [5, 5.41) is 9.74. The topological polar surface area (TPSA) is 47.3 Å². The van der Waals surface area contributed by atoms with Crippen molar-refractivity contribution in [2.75, 3.05) is 0 Å². The van der Waals surface area contributed by atoms with Crippen LogP contribution in [0.3, 0.4) is 0 Å². The van der Waals surface area contributed by atoms with Gasteiger partial charge in [-0.05, 0) is 26.0 Å². The summed E-state index contributed by atoms with van der Waals surface area (Å²) in [4.78, 5) is 4.20. The molecule has 0 spiro atoms. The first kappa shape index (κ1) is 12.6. The Kier molecular flexibility index (Phi) is 3.67. The minimum Gasteiger partial charge on any atom is -0.485 e. The summed E-state index contributed by atoms with van der Waals surface area (Å²) in [6.45, 7) is 4.13. The third-order valence-electron chi connectivity index (χ3n) is 2.89. The molecule has 1 atom stereocenters. The zero-order valence-electron chi connectivity index (χ0n) is 10.9. The van der Waals surface area contributed by atoms with Crippen LogP contribution in [0.15, 0.2) is 30.6 Å². The van der Waals surface area contributed by atoms with E-state index in [9.17, 15) is 5.11 Å². The van der Waals surface area contributed by atoms with E-state index in [1.165, 1.54) is 0 Å². The van der Waals surface area contributed by atoms with Crippen LogP contribution in [-0.4, -0.2) is 14.7 Å². The lowest BCUT2D eigenvalue weighted by Crippen LogP contribution is -2.05. The van der Waals surface area contributed by atoms with Crippen LogP contribution in [0.4, 0.5) is 0 Å². The van der Waals surface area contributed by atoms with E-state index in [0.29, 0.717) is 12.4 Å². The molecule has 0 aliphatic heterocycles. The maximum atomic E-state index is 9.74. The summed E-state index contributed by atoms with van der Waals surface area (Å²) in [5.41, 5.74) is 1.92. The zero-order valence-corrected chi connectivity index (χ0v) is 10.9. The van der Waals surface area contributed by atoms with Crippen LogP contribution < -0.4 is 4.74 Å². The fourth-order valence-electron chi connectivity index (χ4n) is 1.80. The van der Waals surface area contributed by atoms with E-state index in [-0.39, 0.29) is 0 Å². The molecule has 18 heavy (non-hydrogen) atoms. The van der Waals surface area contributed by atoms with Gasteiger partial charge in [-0.1, -0.05) is 11.6 Å². The predicted octanol–water partition coefficient (Wildman–Crippen LogP) is 2.36. The van der Waals surface area contributed by atoms with Crippen LogP contribution >= 0.6 is 0 Å². The van der Waals surface area contributed by atoms with Crippen molar-refractivity contribution >= 4 is 0 Å². The number of ether oxygens (including phenoxy) is 1. The number of rotatable bonds is 4. The van der Waals surface area contributed by atoms with Gasteiger partial charge in [-0.2, -0.15) is 0 Å². The molecular formula is C14H18N2O2. The normalized spacial score (nSPS) is 12.4. The Labute approximate surface area is 107 Å². The molecule has 0 fully saturated rings. The minimum atomic E-state index is -0.540. The van der Waals surface area contributed by atoms with Crippen molar-refractivity contribution in [3.8, 4) is 5.75 Å². The van der Waals surface area contributed by atoms with Gasteiger partial charge in [-0.3, -0.25) is 0 Å². The van der Waals surface area contributed by atoms with E-state index in [1.54, 1.807) is 13.1 Å². The smallest absolute Gasteiger partial charge is 0.146 e. The second-order valence-corrected chi connectivity index (χ2v) is 4.46. The molecule has 0 aliphatic carbocycles. The van der Waals surface area contributed by atoms with Gasteiger partial charge in [0.15, 0.2) is 0 Å². The molecular weight excluding hydrogens is 228 g/mol. The Balaban J connectivity index is 2.16. The standard InChI is InChI=1S/C14H18N2O2/c1-10-4-5-13(12(8-10)11(2)17)18-9-14-15-6-7-16(14)3/h4-8,11,17H,9H2,1-3H3. The Morgan fingerprint density at radius 2 is 2.22 bits per heavy atom. The largest absolute Gasteiger partial charge is 0.485 e. The van der Waals surface area contributed by atoms with E-state index in [2.05, 4.69) is 4.98 Å². The molecule has 1 aromatic carbocycles. The number of aromatic nitrogens is 2. The average molecular weight is 246 g/mol. The lowest BCUT2D eigenvalue weighted by Gasteiger charge is -2.14. The third kappa shape index (κ3) is 2.71. The summed E-state index contributed by atoms with van der Waals surface area (Å²) >= 11 is 0. The monoisotopic (exact) mass is 246 g/mol. The summed E-state index contributed by atoms with van der Waals surface area (Å²) in [6, 6.07) is 5.80. The van der Waals surface area contributed by atoms with E-state index in [1.807, 2.05) is 42.9 Å². The molecule has 0 aliphatic rings. The molecule has 0 radical (unpaired) electrons. The van der Waals surface area contributed by atoms with Crippen LogP contribution in [-0.2, 0) is 13.7 Å². The van der Waals surface area contributed by atoms with Gasteiger partial charge < -0.3 is 14.4 Å². The summed E-state index contributed by atoms with van der Waals surface area (Å²) in [5.74, 6) is 1.56. The number of nitrogens with zero attached hydrogens (tertiary/aromatic N) is 2. The maximum Gasteiger partial charge on any atom is 0.146 e. The van der Waals surface area contributed by atoms with Gasteiger partial charge in [0.05, 0.1) is 6.10 Å². The van der Waals surface area contributed by atoms with Gasteiger partial charge >= 0.3 is 0 Å². The zero-order chi connectivity index (χ0) is 13.1. The van der Waals surface area contributed by atoms with Crippen molar-refractivity contribution in [1.82, 2.24) is 9.55 Å². The van der Waals surface area contributed by atoms with Gasteiger partial charge in [0, 0.05) is 25.0 Å². The highest BCUT2D eigenvalue weighted by Crippen LogP contribution is 2.26. The molecule has 2 rings (SSSR count). The van der Waals surface area contributed by atoms with Crippen molar-refractivity contribution in [3.05, 3.63) is 47.5 Å². The van der Waals surface area contributed by atoms with Crippen LogP contribution in [0.5, 0.6) is 5.75 Å². The second kappa shape index (κ2) is 5.23. The molecule has 1 heterocycles. The van der Waals surface area contributed by atoms with Crippen molar-refractivity contribution in [3.63, 3.8) is 0 Å². The highest BCUT2D eigenvalue weighted by Gasteiger charge is 2.10. The molecule has 96 valence electrons. The van der Waals surface area contributed by atoms with Crippen molar-refractivity contribution < 1.29 is 9.84 Å². The van der Waals surface area contributed by atoms with Crippen molar-refractivity contribution in [2.45, 2.75) is 26.6 Å². The quantitative estimate of drug-likeness (QED) is 0.900. The number of aliphatic hydroxyl groups excluding tert-OH is 1. The van der Waals surface area contributed by atoms with Crippen LogP contribution in [0, 0.1) is 6.92 Å². The molecule has 1 unspecified atom stereocenters. The number of imidazole rings is 1.